The van der Waals surface area contributed by atoms with Crippen molar-refractivity contribution in [2.24, 2.45) is 23.7 Å². The molecule has 4 saturated carbocycles. The first-order valence-corrected chi connectivity index (χ1v) is 8.69. The number of fused-ring (bicyclic) bond motifs is 5. The van der Waals surface area contributed by atoms with E-state index >= 15 is 0 Å². The van der Waals surface area contributed by atoms with Crippen molar-refractivity contribution in [3.8, 4) is 0 Å². The van der Waals surface area contributed by atoms with Gasteiger partial charge in [-0.15, -0.1) is 0 Å². The number of rotatable bonds is 3. The summed E-state index contributed by atoms with van der Waals surface area (Å²) < 4.78 is 0. The lowest BCUT2D eigenvalue weighted by Crippen LogP contribution is -2.42. The third kappa shape index (κ3) is 1.72. The van der Waals surface area contributed by atoms with Gasteiger partial charge in [0, 0.05) is 17.1 Å². The van der Waals surface area contributed by atoms with Gasteiger partial charge < -0.3 is 5.32 Å². The zero-order chi connectivity index (χ0) is 13.3. The van der Waals surface area contributed by atoms with Crippen molar-refractivity contribution in [1.29, 1.82) is 0 Å². The topological polar surface area (TPSA) is 12.0 Å². The minimum Gasteiger partial charge on any atom is -0.311 e. The minimum absolute atomic E-state index is 0.764. The Morgan fingerprint density at radius 1 is 0.900 bits per heavy atom. The number of nitrogens with one attached hydrogen (secondary N) is 1. The van der Waals surface area contributed by atoms with Gasteiger partial charge in [0.15, 0.2) is 0 Å². The van der Waals surface area contributed by atoms with Crippen LogP contribution in [0.1, 0.15) is 43.6 Å². The van der Waals surface area contributed by atoms with Crippen molar-refractivity contribution >= 4 is 11.6 Å². The van der Waals surface area contributed by atoms with Crippen molar-refractivity contribution in [3.63, 3.8) is 0 Å². The molecule has 20 heavy (non-hydrogen) atoms. The van der Waals surface area contributed by atoms with Gasteiger partial charge >= 0.3 is 0 Å². The molecule has 4 fully saturated rings. The number of hydrogen-bond donors (Lipinski definition) is 1. The van der Waals surface area contributed by atoms with Crippen LogP contribution < -0.4 is 5.32 Å². The highest BCUT2D eigenvalue weighted by Crippen LogP contribution is 2.66. The maximum Gasteiger partial charge on any atom is 0.0406 e. The van der Waals surface area contributed by atoms with Crippen LogP contribution in [0.5, 0.6) is 0 Å². The molecule has 4 aliphatic rings. The Balaban J connectivity index is 1.16. The lowest BCUT2D eigenvalue weighted by Gasteiger charge is -2.37. The summed E-state index contributed by atoms with van der Waals surface area (Å²) >= 11 is 5.96. The summed E-state index contributed by atoms with van der Waals surface area (Å²) in [5.41, 5.74) is 1.48. The van der Waals surface area contributed by atoms with Gasteiger partial charge in [-0.2, -0.15) is 0 Å². The summed E-state index contributed by atoms with van der Waals surface area (Å²) in [5, 5.41) is 4.83. The summed E-state index contributed by atoms with van der Waals surface area (Å²) in [6.45, 7) is 0. The average molecular weight is 288 g/mol. The van der Waals surface area contributed by atoms with E-state index < -0.39 is 0 Å². The summed E-state index contributed by atoms with van der Waals surface area (Å²) in [6.07, 6.45) is 7.27. The summed E-state index contributed by atoms with van der Waals surface area (Å²) in [6, 6.07) is 10.1. The highest BCUT2D eigenvalue weighted by Gasteiger charge is 2.65. The van der Waals surface area contributed by atoms with Crippen LogP contribution in [0.15, 0.2) is 24.3 Å². The van der Waals surface area contributed by atoms with E-state index in [0.29, 0.717) is 0 Å². The number of hydrogen-bond acceptors (Lipinski definition) is 1. The van der Waals surface area contributed by atoms with Crippen molar-refractivity contribution in [1.82, 2.24) is 5.32 Å². The standard InChI is InChI=1S/C18H22ClN/c19-14-5-3-10(4-6-14)13-8-15(9-13)20-18-16-11-1-2-12(7-11)17(16)18/h3-6,11-13,15-18,20H,1-2,7-9H2. The first-order chi connectivity index (χ1) is 9.79. The lowest BCUT2D eigenvalue weighted by molar-refractivity contribution is 0.272. The van der Waals surface area contributed by atoms with Crippen molar-refractivity contribution in [3.05, 3.63) is 34.9 Å². The Morgan fingerprint density at radius 3 is 2.20 bits per heavy atom. The van der Waals surface area contributed by atoms with Crippen LogP contribution >= 0.6 is 11.6 Å². The molecule has 106 valence electrons. The van der Waals surface area contributed by atoms with E-state index in [1.54, 1.807) is 6.42 Å². The van der Waals surface area contributed by atoms with E-state index in [1.165, 1.54) is 31.2 Å². The van der Waals surface area contributed by atoms with Crippen LogP contribution in [0.2, 0.25) is 5.02 Å². The second-order valence-electron chi connectivity index (χ2n) is 7.60. The molecule has 2 bridgehead atoms. The summed E-state index contributed by atoms with van der Waals surface area (Å²) in [5.74, 6) is 5.09. The van der Waals surface area contributed by atoms with E-state index in [9.17, 15) is 0 Å². The lowest BCUT2D eigenvalue weighted by atomic mass is 9.76. The van der Waals surface area contributed by atoms with Crippen molar-refractivity contribution in [2.45, 2.75) is 50.1 Å². The maximum absolute atomic E-state index is 5.96. The molecule has 4 unspecified atom stereocenters. The van der Waals surface area contributed by atoms with Crippen molar-refractivity contribution in [2.75, 3.05) is 0 Å². The smallest absolute Gasteiger partial charge is 0.0406 e. The van der Waals surface area contributed by atoms with E-state index in [0.717, 1.165) is 46.7 Å². The van der Waals surface area contributed by atoms with Gasteiger partial charge in [-0.05, 0) is 79.4 Å². The molecule has 0 amide bonds. The normalized spacial score (nSPS) is 48.0. The predicted octanol–water partition coefficient (Wildman–Crippen LogP) is 4.22. The van der Waals surface area contributed by atoms with Crippen LogP contribution in [-0.4, -0.2) is 12.1 Å². The fourth-order valence-corrected chi connectivity index (χ4v) is 5.71. The van der Waals surface area contributed by atoms with Gasteiger partial charge in [-0.1, -0.05) is 23.7 Å². The van der Waals surface area contributed by atoms with Gasteiger partial charge in [0.2, 0.25) is 0 Å². The van der Waals surface area contributed by atoms with Crippen LogP contribution in [0, 0.1) is 23.7 Å². The molecule has 4 atom stereocenters. The Morgan fingerprint density at radius 2 is 1.55 bits per heavy atom. The SMILES string of the molecule is Clc1ccc(C2CC(NC3C4C5CCC(C5)C34)C2)cc1. The molecule has 0 aliphatic heterocycles. The first kappa shape index (κ1) is 12.1. The van der Waals surface area contributed by atoms with E-state index in [1.807, 2.05) is 12.1 Å². The minimum atomic E-state index is 0.764. The number of benzene rings is 1. The highest BCUT2D eigenvalue weighted by molar-refractivity contribution is 6.30. The van der Waals surface area contributed by atoms with Gasteiger partial charge in [0.05, 0.1) is 0 Å². The fourth-order valence-electron chi connectivity index (χ4n) is 5.58. The third-order valence-corrected chi connectivity index (χ3v) is 6.89. The van der Waals surface area contributed by atoms with Gasteiger partial charge in [-0.3, -0.25) is 0 Å². The highest BCUT2D eigenvalue weighted by atomic mass is 35.5. The van der Waals surface area contributed by atoms with E-state index in [4.69, 9.17) is 11.6 Å². The molecule has 4 aliphatic carbocycles. The van der Waals surface area contributed by atoms with Crippen LogP contribution in [0.4, 0.5) is 0 Å². The maximum atomic E-state index is 5.96. The quantitative estimate of drug-likeness (QED) is 0.878. The molecule has 5 rings (SSSR count). The molecule has 0 heterocycles. The second-order valence-corrected chi connectivity index (χ2v) is 8.03. The number of halogens is 1. The van der Waals surface area contributed by atoms with E-state index in [2.05, 4.69) is 17.4 Å². The molecule has 0 aromatic heterocycles. The van der Waals surface area contributed by atoms with Crippen LogP contribution in [0.25, 0.3) is 0 Å². The molecule has 1 nitrogen and oxygen atoms in total. The summed E-state index contributed by atoms with van der Waals surface area (Å²) in [4.78, 5) is 0. The van der Waals surface area contributed by atoms with Crippen LogP contribution in [0.3, 0.4) is 0 Å². The van der Waals surface area contributed by atoms with Crippen LogP contribution in [-0.2, 0) is 0 Å². The van der Waals surface area contributed by atoms with Gasteiger partial charge in [-0.25, -0.2) is 0 Å². The molecule has 0 radical (unpaired) electrons. The van der Waals surface area contributed by atoms with Gasteiger partial charge in [0.1, 0.15) is 0 Å². The Kier molecular flexibility index (Phi) is 2.56. The largest absolute Gasteiger partial charge is 0.311 e. The fraction of sp³-hybridized carbons (Fsp3) is 0.667. The Bertz CT molecular complexity index is 503. The molecular formula is C18H22ClN. The molecule has 0 spiro atoms. The molecule has 0 saturated heterocycles. The Hall–Kier alpha value is -0.530. The second kappa shape index (κ2) is 4.24. The predicted molar refractivity (Wildman–Crippen MR) is 81.9 cm³/mol. The van der Waals surface area contributed by atoms with Gasteiger partial charge in [0.25, 0.3) is 0 Å². The molecule has 2 heteroatoms. The van der Waals surface area contributed by atoms with Crippen molar-refractivity contribution < 1.29 is 0 Å². The Labute approximate surface area is 126 Å². The molecule has 1 aromatic carbocycles. The average Bonchev–Trinajstić information content (AvgIpc) is 2.79. The zero-order valence-electron chi connectivity index (χ0n) is 11.8. The molecule has 1 aromatic rings. The summed E-state index contributed by atoms with van der Waals surface area (Å²) in [7, 11) is 0. The molecule has 1 N–H and O–H groups in total. The van der Waals surface area contributed by atoms with E-state index in [-0.39, 0.29) is 0 Å². The first-order valence-electron chi connectivity index (χ1n) is 8.31. The molecular weight excluding hydrogens is 266 g/mol. The zero-order valence-corrected chi connectivity index (χ0v) is 12.5. The monoisotopic (exact) mass is 287 g/mol. The third-order valence-electron chi connectivity index (χ3n) is 6.64.